The van der Waals surface area contributed by atoms with E-state index in [9.17, 15) is 13.2 Å². The molecule has 0 aromatic heterocycles. The van der Waals surface area contributed by atoms with Gasteiger partial charge in [-0.25, -0.2) is 0 Å². The van der Waals surface area contributed by atoms with Crippen molar-refractivity contribution in [2.75, 3.05) is 26.7 Å². The molecule has 5 heteroatoms. The van der Waals surface area contributed by atoms with E-state index in [0.717, 1.165) is 5.56 Å². The van der Waals surface area contributed by atoms with Gasteiger partial charge in [0.1, 0.15) is 6.04 Å². The largest absolute Gasteiger partial charge is 0.405 e. The summed E-state index contributed by atoms with van der Waals surface area (Å²) < 4.78 is 39.0. The summed E-state index contributed by atoms with van der Waals surface area (Å²) in [6, 6.07) is 7.95. The number of rotatable bonds is 2. The standard InChI is InChI=1S/C13H17F3N2/c1-17-7-8-18(12(10-17)13(14,15)16)9-11-5-3-2-4-6-11/h2-6,12H,7-10H2,1H3. The van der Waals surface area contributed by atoms with Crippen LogP contribution in [0.4, 0.5) is 13.2 Å². The van der Waals surface area contributed by atoms with Gasteiger partial charge in [-0.15, -0.1) is 0 Å². The number of halogens is 3. The molecule has 2 rings (SSSR count). The van der Waals surface area contributed by atoms with Crippen LogP contribution in [0, 0.1) is 0 Å². The van der Waals surface area contributed by atoms with Crippen molar-refractivity contribution in [3.8, 4) is 0 Å². The summed E-state index contributed by atoms with van der Waals surface area (Å²) in [6.45, 7) is 1.55. The van der Waals surface area contributed by atoms with Crippen LogP contribution in [0.5, 0.6) is 0 Å². The van der Waals surface area contributed by atoms with E-state index in [1.54, 1.807) is 11.9 Å². The van der Waals surface area contributed by atoms with E-state index in [0.29, 0.717) is 19.6 Å². The van der Waals surface area contributed by atoms with Crippen LogP contribution >= 0.6 is 0 Å². The fourth-order valence-corrected chi connectivity index (χ4v) is 2.27. The summed E-state index contributed by atoms with van der Waals surface area (Å²) in [7, 11) is 1.73. The molecule has 1 saturated heterocycles. The van der Waals surface area contributed by atoms with Crippen molar-refractivity contribution in [1.82, 2.24) is 9.80 Å². The molecule has 1 heterocycles. The highest BCUT2D eigenvalue weighted by atomic mass is 19.4. The molecule has 0 amide bonds. The molecular formula is C13H17F3N2. The Morgan fingerprint density at radius 2 is 1.83 bits per heavy atom. The van der Waals surface area contributed by atoms with Crippen molar-refractivity contribution < 1.29 is 13.2 Å². The summed E-state index contributed by atoms with van der Waals surface area (Å²) in [5.74, 6) is 0. The van der Waals surface area contributed by atoms with Gasteiger partial charge < -0.3 is 4.90 Å². The van der Waals surface area contributed by atoms with Gasteiger partial charge in [0.2, 0.25) is 0 Å². The van der Waals surface area contributed by atoms with Gasteiger partial charge in [0, 0.05) is 26.2 Å². The molecule has 0 aliphatic carbocycles. The van der Waals surface area contributed by atoms with Crippen LogP contribution in [0.2, 0.25) is 0 Å². The first-order chi connectivity index (χ1) is 8.47. The van der Waals surface area contributed by atoms with Crippen molar-refractivity contribution in [1.29, 1.82) is 0 Å². The number of nitrogens with zero attached hydrogens (tertiary/aromatic N) is 2. The number of alkyl halides is 3. The van der Waals surface area contributed by atoms with E-state index in [2.05, 4.69) is 0 Å². The maximum Gasteiger partial charge on any atom is 0.405 e. The number of hydrogen-bond acceptors (Lipinski definition) is 2. The Kier molecular flexibility index (Phi) is 3.92. The zero-order valence-corrected chi connectivity index (χ0v) is 10.3. The summed E-state index contributed by atoms with van der Waals surface area (Å²) >= 11 is 0. The van der Waals surface area contributed by atoms with Gasteiger partial charge in [0.15, 0.2) is 0 Å². The van der Waals surface area contributed by atoms with E-state index in [4.69, 9.17) is 0 Å². The third-order valence-electron chi connectivity index (χ3n) is 3.30. The summed E-state index contributed by atoms with van der Waals surface area (Å²) in [5.41, 5.74) is 0.927. The number of hydrogen-bond donors (Lipinski definition) is 0. The Morgan fingerprint density at radius 1 is 1.17 bits per heavy atom. The zero-order chi connectivity index (χ0) is 13.2. The molecule has 0 bridgehead atoms. The molecule has 2 nitrogen and oxygen atoms in total. The minimum absolute atomic E-state index is 0.0519. The number of benzene rings is 1. The smallest absolute Gasteiger partial charge is 0.303 e. The lowest BCUT2D eigenvalue weighted by Crippen LogP contribution is -2.57. The topological polar surface area (TPSA) is 6.48 Å². The fraction of sp³-hybridized carbons (Fsp3) is 0.538. The lowest BCUT2D eigenvalue weighted by Gasteiger charge is -2.40. The first kappa shape index (κ1) is 13.4. The average molecular weight is 258 g/mol. The number of piperazine rings is 1. The first-order valence-corrected chi connectivity index (χ1v) is 6.00. The second kappa shape index (κ2) is 5.28. The van der Waals surface area contributed by atoms with Gasteiger partial charge in [-0.3, -0.25) is 4.90 Å². The quantitative estimate of drug-likeness (QED) is 0.803. The highest BCUT2D eigenvalue weighted by Gasteiger charge is 2.45. The van der Waals surface area contributed by atoms with Gasteiger partial charge in [0.05, 0.1) is 0 Å². The maximum atomic E-state index is 13.0. The van der Waals surface area contributed by atoms with Crippen LogP contribution in [0.25, 0.3) is 0 Å². The molecule has 1 aromatic rings. The Bertz CT molecular complexity index is 378. The van der Waals surface area contributed by atoms with Gasteiger partial charge in [-0.05, 0) is 12.6 Å². The summed E-state index contributed by atoms with van der Waals surface area (Å²) in [6.07, 6.45) is -4.16. The van der Waals surface area contributed by atoms with Crippen LogP contribution in [-0.4, -0.2) is 48.7 Å². The molecule has 0 saturated carbocycles. The molecule has 1 aromatic carbocycles. The van der Waals surface area contributed by atoms with E-state index < -0.39 is 12.2 Å². The molecule has 100 valence electrons. The van der Waals surface area contributed by atoms with Gasteiger partial charge in [-0.2, -0.15) is 13.2 Å². The minimum atomic E-state index is -4.16. The molecule has 1 aliphatic heterocycles. The minimum Gasteiger partial charge on any atom is -0.303 e. The highest BCUT2D eigenvalue weighted by Crippen LogP contribution is 2.28. The lowest BCUT2D eigenvalue weighted by molar-refractivity contribution is -0.197. The van der Waals surface area contributed by atoms with Crippen LogP contribution < -0.4 is 0 Å². The van der Waals surface area contributed by atoms with Gasteiger partial charge >= 0.3 is 6.18 Å². The van der Waals surface area contributed by atoms with Crippen LogP contribution in [0.15, 0.2) is 30.3 Å². The fourth-order valence-electron chi connectivity index (χ4n) is 2.27. The Hall–Kier alpha value is -1.07. The van der Waals surface area contributed by atoms with Crippen LogP contribution in [0.3, 0.4) is 0 Å². The average Bonchev–Trinajstić information content (AvgIpc) is 2.31. The normalized spacial score (nSPS) is 23.2. The molecule has 1 atom stereocenters. The van der Waals surface area contributed by atoms with Crippen molar-refractivity contribution in [3.05, 3.63) is 35.9 Å². The highest BCUT2D eigenvalue weighted by molar-refractivity contribution is 5.15. The summed E-state index contributed by atoms with van der Waals surface area (Å²) in [5, 5.41) is 0. The predicted octanol–water partition coefficient (Wildman–Crippen LogP) is 2.36. The van der Waals surface area contributed by atoms with Crippen LogP contribution in [-0.2, 0) is 6.54 Å². The Morgan fingerprint density at radius 3 is 2.44 bits per heavy atom. The van der Waals surface area contributed by atoms with Crippen LogP contribution in [0.1, 0.15) is 5.56 Å². The molecule has 0 radical (unpaired) electrons. The second-order valence-corrected chi connectivity index (χ2v) is 4.78. The molecule has 0 N–H and O–H groups in total. The summed E-state index contributed by atoms with van der Waals surface area (Å²) in [4.78, 5) is 3.26. The SMILES string of the molecule is CN1CCN(Cc2ccccc2)C(C(F)(F)F)C1. The van der Waals surface area contributed by atoms with E-state index in [-0.39, 0.29) is 6.54 Å². The molecule has 18 heavy (non-hydrogen) atoms. The second-order valence-electron chi connectivity index (χ2n) is 4.78. The molecule has 1 fully saturated rings. The van der Waals surface area contributed by atoms with Crippen molar-refractivity contribution in [2.24, 2.45) is 0 Å². The maximum absolute atomic E-state index is 13.0. The molecular weight excluding hydrogens is 241 g/mol. The van der Waals surface area contributed by atoms with E-state index in [1.165, 1.54) is 4.90 Å². The van der Waals surface area contributed by atoms with Crippen molar-refractivity contribution in [3.63, 3.8) is 0 Å². The predicted molar refractivity (Wildman–Crippen MR) is 64.2 cm³/mol. The van der Waals surface area contributed by atoms with E-state index in [1.807, 2.05) is 30.3 Å². The Labute approximate surface area is 105 Å². The third-order valence-corrected chi connectivity index (χ3v) is 3.30. The third kappa shape index (κ3) is 3.23. The molecule has 0 spiro atoms. The van der Waals surface area contributed by atoms with Crippen molar-refractivity contribution >= 4 is 0 Å². The molecule has 1 aliphatic rings. The molecule has 1 unspecified atom stereocenters. The first-order valence-electron chi connectivity index (χ1n) is 6.00. The lowest BCUT2D eigenvalue weighted by atomic mass is 10.1. The van der Waals surface area contributed by atoms with Gasteiger partial charge in [-0.1, -0.05) is 30.3 Å². The monoisotopic (exact) mass is 258 g/mol. The van der Waals surface area contributed by atoms with E-state index >= 15 is 0 Å². The van der Waals surface area contributed by atoms with Gasteiger partial charge in [0.25, 0.3) is 0 Å². The Balaban J connectivity index is 2.10. The zero-order valence-electron chi connectivity index (χ0n) is 10.3. The number of likely N-dealkylation sites (N-methyl/N-ethyl adjacent to an activating group) is 1. The van der Waals surface area contributed by atoms with Crippen molar-refractivity contribution in [2.45, 2.75) is 18.8 Å².